The number of benzene rings is 1. The van der Waals surface area contributed by atoms with Crippen molar-refractivity contribution >= 4 is 5.91 Å². The lowest BCUT2D eigenvalue weighted by Crippen LogP contribution is -2.33. The second kappa shape index (κ2) is 7.49. The van der Waals surface area contributed by atoms with Gasteiger partial charge in [-0.15, -0.1) is 0 Å². The van der Waals surface area contributed by atoms with E-state index in [1.54, 1.807) is 44.7 Å². The van der Waals surface area contributed by atoms with Gasteiger partial charge >= 0.3 is 0 Å². The highest BCUT2D eigenvalue weighted by Gasteiger charge is 2.15. The van der Waals surface area contributed by atoms with Crippen LogP contribution < -0.4 is 20.3 Å². The van der Waals surface area contributed by atoms with Crippen molar-refractivity contribution in [3.05, 3.63) is 58.5 Å². The molecule has 0 aliphatic carbocycles. The lowest BCUT2D eigenvalue weighted by atomic mass is 10.1. The summed E-state index contributed by atoms with van der Waals surface area (Å²) in [6.45, 7) is 1.82. The van der Waals surface area contributed by atoms with Crippen LogP contribution in [0.2, 0.25) is 0 Å². The predicted molar refractivity (Wildman–Crippen MR) is 86.8 cm³/mol. The van der Waals surface area contributed by atoms with E-state index < -0.39 is 0 Å². The van der Waals surface area contributed by atoms with E-state index in [1.807, 2.05) is 13.0 Å². The van der Waals surface area contributed by atoms with Crippen LogP contribution in [0.3, 0.4) is 0 Å². The number of ether oxygens (including phenoxy) is 2. The summed E-state index contributed by atoms with van der Waals surface area (Å²) >= 11 is 0. The van der Waals surface area contributed by atoms with Crippen LogP contribution in [0, 0.1) is 0 Å². The number of carbonyl (C=O) groups is 1. The quantitative estimate of drug-likeness (QED) is 0.881. The van der Waals surface area contributed by atoms with E-state index in [1.165, 1.54) is 10.6 Å². The van der Waals surface area contributed by atoms with Gasteiger partial charge in [0.15, 0.2) is 0 Å². The first-order chi connectivity index (χ1) is 11.0. The number of hydrogen-bond acceptors (Lipinski definition) is 4. The van der Waals surface area contributed by atoms with Crippen LogP contribution in [-0.2, 0) is 11.3 Å². The summed E-state index contributed by atoms with van der Waals surface area (Å²) in [5.41, 5.74) is 0.592. The van der Waals surface area contributed by atoms with E-state index in [0.29, 0.717) is 11.5 Å². The number of aromatic nitrogens is 1. The Bertz CT molecular complexity index is 739. The molecule has 0 aliphatic heterocycles. The molecule has 2 aromatic rings. The third kappa shape index (κ3) is 4.12. The van der Waals surface area contributed by atoms with Crippen molar-refractivity contribution in [2.45, 2.75) is 19.5 Å². The molecule has 1 aromatic carbocycles. The normalized spacial score (nSPS) is 11.6. The molecular formula is C17H20N2O4. The van der Waals surface area contributed by atoms with Gasteiger partial charge in [-0.2, -0.15) is 0 Å². The highest BCUT2D eigenvalue weighted by Crippen LogP contribution is 2.29. The van der Waals surface area contributed by atoms with Crippen molar-refractivity contribution in [2.75, 3.05) is 14.2 Å². The molecular weight excluding hydrogens is 296 g/mol. The molecule has 0 fully saturated rings. The Balaban J connectivity index is 2.12. The number of amides is 1. The number of nitrogens with zero attached hydrogens (tertiary/aromatic N) is 1. The molecule has 23 heavy (non-hydrogen) atoms. The summed E-state index contributed by atoms with van der Waals surface area (Å²) in [7, 11) is 3.15. The Morgan fingerprint density at radius 1 is 1.22 bits per heavy atom. The van der Waals surface area contributed by atoms with Crippen LogP contribution in [0.1, 0.15) is 18.5 Å². The van der Waals surface area contributed by atoms with Gasteiger partial charge < -0.3 is 19.4 Å². The van der Waals surface area contributed by atoms with E-state index in [9.17, 15) is 9.59 Å². The second-order valence-electron chi connectivity index (χ2n) is 5.06. The molecule has 1 aromatic heterocycles. The molecule has 6 nitrogen and oxygen atoms in total. The number of hydrogen-bond donors (Lipinski definition) is 1. The number of nitrogens with one attached hydrogen (secondary N) is 1. The standard InChI is InChI=1S/C17H20N2O4/c1-12(14-10-13(22-2)7-8-15(14)23-3)18-16(20)11-19-9-5-4-6-17(19)21/h4-10,12H,11H2,1-3H3,(H,18,20)/t12-/m1/s1. The summed E-state index contributed by atoms with van der Waals surface area (Å²) in [5.74, 6) is 1.09. The average molecular weight is 316 g/mol. The molecule has 1 N–H and O–H groups in total. The van der Waals surface area contributed by atoms with Gasteiger partial charge in [-0.1, -0.05) is 6.07 Å². The van der Waals surface area contributed by atoms with Gasteiger partial charge in [-0.25, -0.2) is 0 Å². The number of methoxy groups -OCH3 is 2. The summed E-state index contributed by atoms with van der Waals surface area (Å²) in [5, 5.41) is 2.86. The molecule has 2 rings (SSSR count). The average Bonchev–Trinajstić information content (AvgIpc) is 2.56. The van der Waals surface area contributed by atoms with Crippen molar-refractivity contribution in [3.63, 3.8) is 0 Å². The molecule has 0 saturated heterocycles. The maximum absolute atomic E-state index is 12.2. The topological polar surface area (TPSA) is 69.6 Å². The van der Waals surface area contributed by atoms with Crippen molar-refractivity contribution in [2.24, 2.45) is 0 Å². The number of rotatable bonds is 6. The third-order valence-electron chi connectivity index (χ3n) is 3.49. The molecule has 0 bridgehead atoms. The monoisotopic (exact) mass is 316 g/mol. The van der Waals surface area contributed by atoms with Crippen LogP contribution in [0.15, 0.2) is 47.4 Å². The first-order valence-corrected chi connectivity index (χ1v) is 7.22. The summed E-state index contributed by atoms with van der Waals surface area (Å²) in [6.07, 6.45) is 1.58. The Morgan fingerprint density at radius 3 is 2.65 bits per heavy atom. The van der Waals surface area contributed by atoms with Crippen LogP contribution in [0.25, 0.3) is 0 Å². The predicted octanol–water partition coefficient (Wildman–Crippen LogP) is 1.74. The van der Waals surface area contributed by atoms with Crippen LogP contribution in [0.5, 0.6) is 11.5 Å². The molecule has 1 heterocycles. The van der Waals surface area contributed by atoms with E-state index in [0.717, 1.165) is 5.56 Å². The fraction of sp³-hybridized carbons (Fsp3) is 0.294. The molecule has 1 amide bonds. The lowest BCUT2D eigenvalue weighted by Gasteiger charge is -2.18. The Labute approximate surface area is 134 Å². The van der Waals surface area contributed by atoms with Gasteiger partial charge in [0.25, 0.3) is 5.56 Å². The number of pyridine rings is 1. The van der Waals surface area contributed by atoms with Gasteiger partial charge in [0.1, 0.15) is 18.0 Å². The van der Waals surface area contributed by atoms with E-state index >= 15 is 0 Å². The maximum Gasteiger partial charge on any atom is 0.250 e. The molecule has 0 aliphatic rings. The summed E-state index contributed by atoms with van der Waals surface area (Å²) in [6, 6.07) is 9.88. The van der Waals surface area contributed by atoms with Crippen molar-refractivity contribution in [1.29, 1.82) is 0 Å². The number of carbonyl (C=O) groups excluding carboxylic acids is 1. The lowest BCUT2D eigenvalue weighted by molar-refractivity contribution is -0.122. The van der Waals surface area contributed by atoms with E-state index in [-0.39, 0.29) is 24.1 Å². The molecule has 6 heteroatoms. The highest BCUT2D eigenvalue weighted by molar-refractivity contribution is 5.76. The fourth-order valence-electron chi connectivity index (χ4n) is 2.29. The molecule has 122 valence electrons. The Hall–Kier alpha value is -2.76. The molecule has 0 unspecified atom stereocenters. The zero-order valence-electron chi connectivity index (χ0n) is 13.4. The molecule has 0 spiro atoms. The van der Waals surface area contributed by atoms with Crippen molar-refractivity contribution in [3.8, 4) is 11.5 Å². The highest BCUT2D eigenvalue weighted by atomic mass is 16.5. The smallest absolute Gasteiger partial charge is 0.250 e. The largest absolute Gasteiger partial charge is 0.497 e. The van der Waals surface area contributed by atoms with Crippen LogP contribution >= 0.6 is 0 Å². The summed E-state index contributed by atoms with van der Waals surface area (Å²) < 4.78 is 11.9. The van der Waals surface area contributed by atoms with Crippen molar-refractivity contribution < 1.29 is 14.3 Å². The maximum atomic E-state index is 12.2. The van der Waals surface area contributed by atoms with Gasteiger partial charge in [-0.3, -0.25) is 9.59 Å². The van der Waals surface area contributed by atoms with Crippen molar-refractivity contribution in [1.82, 2.24) is 9.88 Å². The van der Waals surface area contributed by atoms with Crippen LogP contribution in [0.4, 0.5) is 0 Å². The molecule has 1 atom stereocenters. The fourth-order valence-corrected chi connectivity index (χ4v) is 2.29. The SMILES string of the molecule is COc1ccc(OC)c([C@@H](C)NC(=O)Cn2ccccc2=O)c1. The third-order valence-corrected chi connectivity index (χ3v) is 3.49. The van der Waals surface area contributed by atoms with Gasteiger partial charge in [-0.05, 0) is 31.2 Å². The minimum absolute atomic E-state index is 0.0315. The molecule has 0 radical (unpaired) electrons. The first-order valence-electron chi connectivity index (χ1n) is 7.22. The first kappa shape index (κ1) is 16.6. The minimum Gasteiger partial charge on any atom is -0.497 e. The zero-order chi connectivity index (χ0) is 16.8. The van der Waals surface area contributed by atoms with Gasteiger partial charge in [0, 0.05) is 17.8 Å². The van der Waals surface area contributed by atoms with E-state index in [2.05, 4.69) is 5.32 Å². The summed E-state index contributed by atoms with van der Waals surface area (Å²) in [4.78, 5) is 23.8. The second-order valence-corrected chi connectivity index (χ2v) is 5.06. The van der Waals surface area contributed by atoms with E-state index in [4.69, 9.17) is 9.47 Å². The zero-order valence-corrected chi connectivity index (χ0v) is 13.4. The molecule has 0 saturated carbocycles. The Kier molecular flexibility index (Phi) is 5.41. The Morgan fingerprint density at radius 2 is 2.00 bits per heavy atom. The van der Waals surface area contributed by atoms with Gasteiger partial charge in [0.2, 0.25) is 5.91 Å². The minimum atomic E-state index is -0.285. The van der Waals surface area contributed by atoms with Gasteiger partial charge in [0.05, 0.1) is 20.3 Å². The van der Waals surface area contributed by atoms with Crippen LogP contribution in [-0.4, -0.2) is 24.7 Å².